The van der Waals surface area contributed by atoms with Gasteiger partial charge in [0.15, 0.2) is 0 Å². The Morgan fingerprint density at radius 2 is 2.00 bits per heavy atom. The molecule has 0 bridgehead atoms. The van der Waals surface area contributed by atoms with E-state index in [0.29, 0.717) is 0 Å². The van der Waals surface area contributed by atoms with E-state index in [4.69, 9.17) is 0 Å². The first-order valence-electron chi connectivity index (χ1n) is 5.59. The first-order chi connectivity index (χ1) is 8.24. The third kappa shape index (κ3) is 3.66. The van der Waals surface area contributed by atoms with E-state index >= 15 is 0 Å². The number of hydrogen-bond donors (Lipinski definition) is 1. The number of aliphatic hydroxyl groups is 1. The maximum atomic E-state index is 12.9. The second kappa shape index (κ2) is 7.43. The van der Waals surface area contributed by atoms with Crippen LogP contribution in [0.15, 0.2) is 30.3 Å². The second-order valence-electron chi connectivity index (χ2n) is 4.20. The molecule has 0 saturated carbocycles. The van der Waals surface area contributed by atoms with Crippen molar-refractivity contribution in [2.24, 2.45) is 5.92 Å². The SMILES string of the molecule is Cl.OCC1CN(CI)CC=C1c1ccc(F)cc1. The van der Waals surface area contributed by atoms with Gasteiger partial charge in [-0.25, -0.2) is 4.39 Å². The van der Waals surface area contributed by atoms with Gasteiger partial charge in [-0.1, -0.05) is 40.8 Å². The zero-order chi connectivity index (χ0) is 12.3. The highest BCUT2D eigenvalue weighted by Gasteiger charge is 2.22. The second-order valence-corrected chi connectivity index (χ2v) is 4.88. The molecule has 5 heteroatoms. The van der Waals surface area contributed by atoms with Crippen molar-refractivity contribution in [3.05, 3.63) is 41.7 Å². The van der Waals surface area contributed by atoms with Crippen LogP contribution >= 0.6 is 35.0 Å². The Bertz CT molecular complexity index is 410. The molecule has 1 aromatic rings. The van der Waals surface area contributed by atoms with Gasteiger partial charge >= 0.3 is 0 Å². The van der Waals surface area contributed by atoms with E-state index in [1.807, 2.05) is 0 Å². The zero-order valence-electron chi connectivity index (χ0n) is 9.85. The van der Waals surface area contributed by atoms with Crippen molar-refractivity contribution in [2.45, 2.75) is 0 Å². The average molecular weight is 384 g/mol. The molecular formula is C13H16ClFINO. The highest BCUT2D eigenvalue weighted by atomic mass is 127. The predicted octanol–water partition coefficient (Wildman–Crippen LogP) is 2.95. The van der Waals surface area contributed by atoms with Crippen LogP contribution in [0.4, 0.5) is 4.39 Å². The summed E-state index contributed by atoms with van der Waals surface area (Å²) in [6, 6.07) is 6.50. The number of alkyl halides is 1. The van der Waals surface area contributed by atoms with Gasteiger partial charge in [-0.15, -0.1) is 12.4 Å². The molecule has 1 unspecified atom stereocenters. The van der Waals surface area contributed by atoms with Gasteiger partial charge in [0.05, 0.1) is 11.2 Å². The van der Waals surface area contributed by atoms with Crippen molar-refractivity contribution in [3.8, 4) is 0 Å². The summed E-state index contributed by atoms with van der Waals surface area (Å²) in [5.41, 5.74) is 2.15. The van der Waals surface area contributed by atoms with E-state index in [2.05, 4.69) is 33.6 Å². The molecule has 2 nitrogen and oxygen atoms in total. The smallest absolute Gasteiger partial charge is 0.123 e. The Hall–Kier alpha value is -0.170. The van der Waals surface area contributed by atoms with E-state index in [1.165, 1.54) is 12.1 Å². The Labute approximate surface area is 126 Å². The fraction of sp³-hybridized carbons (Fsp3) is 0.385. The average Bonchev–Trinajstić information content (AvgIpc) is 2.39. The van der Waals surface area contributed by atoms with Gasteiger partial charge < -0.3 is 5.11 Å². The molecule has 0 amide bonds. The minimum atomic E-state index is -0.223. The first kappa shape index (κ1) is 15.9. The largest absolute Gasteiger partial charge is 0.396 e. The van der Waals surface area contributed by atoms with E-state index < -0.39 is 0 Å². The van der Waals surface area contributed by atoms with Gasteiger partial charge in [0.2, 0.25) is 0 Å². The number of benzene rings is 1. The lowest BCUT2D eigenvalue weighted by atomic mass is 9.90. The van der Waals surface area contributed by atoms with Crippen molar-refractivity contribution in [3.63, 3.8) is 0 Å². The summed E-state index contributed by atoms with van der Waals surface area (Å²) in [6.45, 7) is 1.89. The molecule has 0 aliphatic carbocycles. The molecule has 0 spiro atoms. The molecule has 1 atom stereocenters. The van der Waals surface area contributed by atoms with Crippen LogP contribution in [-0.4, -0.2) is 34.3 Å². The van der Waals surface area contributed by atoms with E-state index in [1.54, 1.807) is 12.1 Å². The van der Waals surface area contributed by atoms with Crippen LogP contribution in [0.2, 0.25) is 0 Å². The normalized spacial score (nSPS) is 20.2. The molecule has 100 valence electrons. The van der Waals surface area contributed by atoms with Crippen molar-refractivity contribution >= 4 is 40.6 Å². The Morgan fingerprint density at radius 1 is 1.33 bits per heavy atom. The highest BCUT2D eigenvalue weighted by molar-refractivity contribution is 14.1. The third-order valence-corrected chi connectivity index (χ3v) is 4.02. The maximum Gasteiger partial charge on any atom is 0.123 e. The van der Waals surface area contributed by atoms with Crippen LogP contribution in [0.1, 0.15) is 5.56 Å². The first-order valence-corrected chi connectivity index (χ1v) is 7.12. The molecule has 1 aromatic carbocycles. The molecule has 18 heavy (non-hydrogen) atoms. The molecule has 0 aromatic heterocycles. The fourth-order valence-corrected chi connectivity index (χ4v) is 2.69. The molecule has 1 heterocycles. The zero-order valence-corrected chi connectivity index (χ0v) is 12.8. The Morgan fingerprint density at radius 3 is 2.56 bits per heavy atom. The van der Waals surface area contributed by atoms with Crippen molar-refractivity contribution in [2.75, 3.05) is 24.2 Å². The maximum absolute atomic E-state index is 12.9. The summed E-state index contributed by atoms with van der Waals surface area (Å²) >= 11 is 2.32. The summed E-state index contributed by atoms with van der Waals surface area (Å²) in [5, 5.41) is 9.45. The van der Waals surface area contributed by atoms with Crippen LogP contribution in [0.3, 0.4) is 0 Å². The quantitative estimate of drug-likeness (QED) is 0.493. The predicted molar refractivity (Wildman–Crippen MR) is 82.7 cm³/mol. The number of halogens is 3. The summed E-state index contributed by atoms with van der Waals surface area (Å²) in [5.74, 6) is -0.0939. The molecule has 1 aliphatic rings. The lowest BCUT2D eigenvalue weighted by Crippen LogP contribution is -2.34. The van der Waals surface area contributed by atoms with Gasteiger partial charge in [-0.05, 0) is 23.3 Å². The van der Waals surface area contributed by atoms with Gasteiger partial charge in [-0.2, -0.15) is 0 Å². The van der Waals surface area contributed by atoms with Crippen molar-refractivity contribution in [1.82, 2.24) is 4.90 Å². The van der Waals surface area contributed by atoms with Gasteiger partial charge in [0, 0.05) is 19.0 Å². The van der Waals surface area contributed by atoms with Crippen LogP contribution in [-0.2, 0) is 0 Å². The Kier molecular flexibility index (Phi) is 6.55. The number of hydrogen-bond acceptors (Lipinski definition) is 2. The monoisotopic (exact) mass is 383 g/mol. The minimum absolute atomic E-state index is 0. The molecular weight excluding hydrogens is 368 g/mol. The lowest BCUT2D eigenvalue weighted by Gasteiger charge is -2.31. The lowest BCUT2D eigenvalue weighted by molar-refractivity contribution is 0.210. The van der Waals surface area contributed by atoms with Crippen molar-refractivity contribution < 1.29 is 9.50 Å². The Balaban J connectivity index is 0.00000162. The molecule has 0 saturated heterocycles. The van der Waals surface area contributed by atoms with Gasteiger partial charge in [-0.3, -0.25) is 4.90 Å². The summed E-state index contributed by atoms with van der Waals surface area (Å²) in [7, 11) is 0. The van der Waals surface area contributed by atoms with Crippen molar-refractivity contribution in [1.29, 1.82) is 0 Å². The van der Waals surface area contributed by atoms with E-state index in [-0.39, 0.29) is 30.7 Å². The van der Waals surface area contributed by atoms with Gasteiger partial charge in [0.25, 0.3) is 0 Å². The van der Waals surface area contributed by atoms with Crippen LogP contribution in [0, 0.1) is 11.7 Å². The number of rotatable bonds is 3. The van der Waals surface area contributed by atoms with E-state index in [0.717, 1.165) is 28.8 Å². The fourth-order valence-electron chi connectivity index (χ4n) is 2.13. The van der Waals surface area contributed by atoms with Crippen LogP contribution in [0.25, 0.3) is 5.57 Å². The molecule has 0 fully saturated rings. The van der Waals surface area contributed by atoms with Crippen LogP contribution < -0.4 is 0 Å². The minimum Gasteiger partial charge on any atom is -0.396 e. The molecule has 1 N–H and O–H groups in total. The number of nitrogens with zero attached hydrogens (tertiary/aromatic N) is 1. The third-order valence-electron chi connectivity index (χ3n) is 3.05. The summed E-state index contributed by atoms with van der Waals surface area (Å²) in [4.78, 5) is 2.27. The standard InChI is InChI=1S/C13H15FINO.ClH/c14-12-3-1-10(2-4-12)13-5-6-16(9-15)7-11(13)8-17;/h1-5,11,17H,6-9H2;1H. The topological polar surface area (TPSA) is 23.5 Å². The summed E-state index contributed by atoms with van der Waals surface area (Å²) < 4.78 is 13.8. The summed E-state index contributed by atoms with van der Waals surface area (Å²) in [6.07, 6.45) is 2.14. The molecule has 1 aliphatic heterocycles. The van der Waals surface area contributed by atoms with E-state index in [9.17, 15) is 9.50 Å². The van der Waals surface area contributed by atoms with Gasteiger partial charge in [0.1, 0.15) is 5.82 Å². The molecule has 0 radical (unpaired) electrons. The highest BCUT2D eigenvalue weighted by Crippen LogP contribution is 2.28. The molecule has 2 rings (SSSR count). The van der Waals surface area contributed by atoms with Crippen LogP contribution in [0.5, 0.6) is 0 Å². The number of aliphatic hydroxyl groups excluding tert-OH is 1.